The highest BCUT2D eigenvalue weighted by Crippen LogP contribution is 2.06. The van der Waals surface area contributed by atoms with Crippen molar-refractivity contribution in [2.24, 2.45) is 0 Å². The fourth-order valence-electron chi connectivity index (χ4n) is 0.920. The molecule has 1 radical (unpaired) electrons. The molecule has 0 atom stereocenters. The van der Waals surface area contributed by atoms with Gasteiger partial charge in [-0.15, -0.1) is 0 Å². The molecule has 0 aliphatic rings. The van der Waals surface area contributed by atoms with Crippen molar-refractivity contribution >= 4 is 10.0 Å². The van der Waals surface area contributed by atoms with Crippen LogP contribution in [-0.4, -0.2) is 26.7 Å². The monoisotopic (exact) mass is 214 g/mol. The molecule has 0 aliphatic carbocycles. The molecule has 0 saturated carbocycles. The smallest absolute Gasteiger partial charge is 0.240 e. The predicted octanol–water partition coefficient (Wildman–Crippen LogP) is 0.147. The van der Waals surface area contributed by atoms with Crippen LogP contribution >= 0.6 is 0 Å². The van der Waals surface area contributed by atoms with E-state index in [4.69, 9.17) is 5.11 Å². The van der Waals surface area contributed by atoms with Crippen LogP contribution in [0.15, 0.2) is 29.2 Å². The minimum atomic E-state index is -3.41. The second-order valence-electron chi connectivity index (χ2n) is 2.71. The van der Waals surface area contributed by atoms with E-state index in [0.717, 1.165) is 0 Å². The molecule has 0 saturated heterocycles. The summed E-state index contributed by atoms with van der Waals surface area (Å²) >= 11 is 0. The largest absolute Gasteiger partial charge is 0.396 e. The first-order valence-corrected chi connectivity index (χ1v) is 5.72. The Balaban J connectivity index is 2.67. The summed E-state index contributed by atoms with van der Waals surface area (Å²) < 4.78 is 25.4. The van der Waals surface area contributed by atoms with Gasteiger partial charge in [-0.1, -0.05) is 12.1 Å². The van der Waals surface area contributed by atoms with Crippen LogP contribution in [0.4, 0.5) is 0 Å². The molecule has 4 nitrogen and oxygen atoms in total. The third-order valence-electron chi connectivity index (χ3n) is 1.62. The van der Waals surface area contributed by atoms with Gasteiger partial charge in [0.2, 0.25) is 10.0 Å². The van der Waals surface area contributed by atoms with Crippen LogP contribution < -0.4 is 4.72 Å². The number of hydrogen-bond acceptors (Lipinski definition) is 3. The Morgan fingerprint density at radius 1 is 1.36 bits per heavy atom. The molecule has 0 fully saturated rings. The predicted molar refractivity (Wildman–Crippen MR) is 52.2 cm³/mol. The third-order valence-corrected chi connectivity index (χ3v) is 3.10. The first kappa shape index (κ1) is 11.2. The fraction of sp³-hybridized carbons (Fsp3) is 0.333. The summed E-state index contributed by atoms with van der Waals surface area (Å²) in [5, 5.41) is 8.49. The van der Waals surface area contributed by atoms with Crippen LogP contribution in [0.3, 0.4) is 0 Å². The number of rotatable bonds is 5. The first-order valence-electron chi connectivity index (χ1n) is 4.23. The number of nitrogens with one attached hydrogen (secondary N) is 1. The quantitative estimate of drug-likeness (QED) is 0.685. The Bertz CT molecular complexity index is 361. The van der Waals surface area contributed by atoms with E-state index in [2.05, 4.69) is 10.8 Å². The Morgan fingerprint density at radius 3 is 2.57 bits per heavy atom. The van der Waals surface area contributed by atoms with Crippen LogP contribution in [-0.2, 0) is 10.0 Å². The van der Waals surface area contributed by atoms with Gasteiger partial charge in [0.25, 0.3) is 0 Å². The van der Waals surface area contributed by atoms with Crippen molar-refractivity contribution in [3.63, 3.8) is 0 Å². The molecule has 14 heavy (non-hydrogen) atoms. The van der Waals surface area contributed by atoms with Gasteiger partial charge in [-0.25, -0.2) is 13.1 Å². The Hall–Kier alpha value is -0.910. The van der Waals surface area contributed by atoms with Crippen molar-refractivity contribution < 1.29 is 13.5 Å². The summed E-state index contributed by atoms with van der Waals surface area (Å²) in [6.45, 7) is 0.225. The van der Waals surface area contributed by atoms with Crippen molar-refractivity contribution in [3.8, 4) is 0 Å². The molecule has 0 unspecified atom stereocenters. The van der Waals surface area contributed by atoms with Crippen LogP contribution in [0.5, 0.6) is 0 Å². The average molecular weight is 214 g/mol. The molecule has 0 spiro atoms. The number of hydrogen-bond donors (Lipinski definition) is 2. The molecule has 0 bridgehead atoms. The summed E-state index contributed by atoms with van der Waals surface area (Å²) in [6, 6.07) is 8.77. The van der Waals surface area contributed by atoms with Crippen LogP contribution in [0.2, 0.25) is 0 Å². The number of benzene rings is 1. The van der Waals surface area contributed by atoms with E-state index in [1.807, 2.05) is 0 Å². The van der Waals surface area contributed by atoms with E-state index in [-0.39, 0.29) is 18.0 Å². The topological polar surface area (TPSA) is 66.4 Å². The van der Waals surface area contributed by atoms with Crippen LogP contribution in [0.1, 0.15) is 6.42 Å². The zero-order chi connectivity index (χ0) is 10.4. The van der Waals surface area contributed by atoms with Crippen molar-refractivity contribution in [3.05, 3.63) is 30.3 Å². The Kier molecular flexibility index (Phi) is 4.06. The summed E-state index contributed by atoms with van der Waals surface area (Å²) in [5.41, 5.74) is 0. The molecular weight excluding hydrogens is 202 g/mol. The summed E-state index contributed by atoms with van der Waals surface area (Å²) in [7, 11) is -3.41. The first-order chi connectivity index (χ1) is 6.67. The molecule has 77 valence electrons. The summed E-state index contributed by atoms with van der Waals surface area (Å²) in [6.07, 6.45) is 0.415. The Labute approximate surface area is 83.6 Å². The molecule has 1 rings (SSSR count). The highest BCUT2D eigenvalue weighted by atomic mass is 32.2. The second kappa shape index (κ2) is 5.09. The molecule has 1 aromatic rings. The van der Waals surface area contributed by atoms with Gasteiger partial charge in [0, 0.05) is 13.2 Å². The van der Waals surface area contributed by atoms with Gasteiger partial charge in [0.05, 0.1) is 4.90 Å². The normalized spacial score (nSPS) is 11.5. The highest BCUT2D eigenvalue weighted by molar-refractivity contribution is 7.89. The van der Waals surface area contributed by atoms with Crippen LogP contribution in [0.25, 0.3) is 0 Å². The highest BCUT2D eigenvalue weighted by Gasteiger charge is 2.11. The number of aliphatic hydroxyl groups is 1. The van der Waals surface area contributed by atoms with E-state index in [9.17, 15) is 8.42 Å². The third kappa shape index (κ3) is 3.10. The maximum atomic E-state index is 11.5. The van der Waals surface area contributed by atoms with E-state index in [1.165, 1.54) is 12.1 Å². The maximum Gasteiger partial charge on any atom is 0.240 e. The zero-order valence-corrected chi connectivity index (χ0v) is 8.42. The molecule has 0 aliphatic heterocycles. The van der Waals surface area contributed by atoms with E-state index < -0.39 is 10.0 Å². The molecule has 2 N–H and O–H groups in total. The number of sulfonamides is 1. The molecule has 5 heteroatoms. The summed E-state index contributed by atoms with van der Waals surface area (Å²) in [4.78, 5) is 0.217. The minimum absolute atomic E-state index is 0.0227. The van der Waals surface area contributed by atoms with Gasteiger partial charge in [-0.2, -0.15) is 0 Å². The lowest BCUT2D eigenvalue weighted by molar-refractivity contribution is 0.289. The standard InChI is InChI=1S/C9H12NO3S/c11-8-4-7-10-14(12,13)9-5-2-1-3-6-9/h2-3,5-6,10-11H,4,7-8H2. The van der Waals surface area contributed by atoms with Gasteiger partial charge in [-0.05, 0) is 24.6 Å². The molecule has 0 aromatic heterocycles. The van der Waals surface area contributed by atoms with Gasteiger partial charge in [0.1, 0.15) is 0 Å². The number of aliphatic hydroxyl groups excluding tert-OH is 1. The van der Waals surface area contributed by atoms with E-state index in [0.29, 0.717) is 6.42 Å². The van der Waals surface area contributed by atoms with Crippen LogP contribution in [0, 0.1) is 6.07 Å². The molecule has 0 amide bonds. The van der Waals surface area contributed by atoms with Gasteiger partial charge in [0.15, 0.2) is 0 Å². The lowest BCUT2D eigenvalue weighted by atomic mass is 10.4. The fourth-order valence-corrected chi connectivity index (χ4v) is 1.99. The minimum Gasteiger partial charge on any atom is -0.396 e. The summed E-state index contributed by atoms with van der Waals surface area (Å²) in [5.74, 6) is 0. The van der Waals surface area contributed by atoms with Gasteiger partial charge < -0.3 is 5.11 Å². The molecular formula is C9H12NO3S. The molecule has 1 aromatic carbocycles. The van der Waals surface area contributed by atoms with Crippen molar-refractivity contribution in [1.29, 1.82) is 0 Å². The van der Waals surface area contributed by atoms with E-state index >= 15 is 0 Å². The average Bonchev–Trinajstić information content (AvgIpc) is 2.19. The maximum absolute atomic E-state index is 11.5. The van der Waals surface area contributed by atoms with Crippen molar-refractivity contribution in [1.82, 2.24) is 4.72 Å². The lowest BCUT2D eigenvalue weighted by Gasteiger charge is -2.04. The second-order valence-corrected chi connectivity index (χ2v) is 4.48. The Morgan fingerprint density at radius 2 is 2.00 bits per heavy atom. The van der Waals surface area contributed by atoms with Crippen molar-refractivity contribution in [2.75, 3.05) is 13.2 Å². The lowest BCUT2D eigenvalue weighted by Crippen LogP contribution is -2.25. The van der Waals surface area contributed by atoms with Crippen molar-refractivity contribution in [2.45, 2.75) is 11.3 Å². The SMILES string of the molecule is O=S(=O)(NCCCO)c1cc[c]cc1. The van der Waals surface area contributed by atoms with Gasteiger partial charge in [-0.3, -0.25) is 0 Å². The van der Waals surface area contributed by atoms with Gasteiger partial charge >= 0.3 is 0 Å². The molecule has 0 heterocycles. The van der Waals surface area contributed by atoms with E-state index in [1.54, 1.807) is 12.1 Å². The zero-order valence-electron chi connectivity index (χ0n) is 7.60.